The van der Waals surface area contributed by atoms with E-state index in [-0.39, 0.29) is 5.91 Å². The second-order valence-electron chi connectivity index (χ2n) is 9.12. The van der Waals surface area contributed by atoms with Crippen LogP contribution in [0.1, 0.15) is 18.9 Å². The molecule has 2 aromatic carbocycles. The molecule has 0 atom stereocenters. The summed E-state index contributed by atoms with van der Waals surface area (Å²) in [4.78, 5) is 25.4. The zero-order valence-corrected chi connectivity index (χ0v) is 21.9. The minimum atomic E-state index is -0.259. The molecule has 0 aliphatic carbocycles. The number of nitrogens with one attached hydrogen (secondary N) is 2. The van der Waals surface area contributed by atoms with Crippen LogP contribution in [0.5, 0.6) is 0 Å². The van der Waals surface area contributed by atoms with Gasteiger partial charge >= 0.3 is 0 Å². The second kappa shape index (κ2) is 11.7. The lowest BCUT2D eigenvalue weighted by atomic mass is 10.1. The van der Waals surface area contributed by atoms with Gasteiger partial charge < -0.3 is 20.4 Å². The predicted molar refractivity (Wildman–Crippen MR) is 154 cm³/mol. The number of amides is 1. The van der Waals surface area contributed by atoms with Crippen molar-refractivity contribution in [2.24, 2.45) is 9.98 Å². The number of anilines is 3. The summed E-state index contributed by atoms with van der Waals surface area (Å²) in [6, 6.07) is 12.2. The maximum absolute atomic E-state index is 12.1. The third-order valence-corrected chi connectivity index (χ3v) is 6.18. The molecule has 192 valence electrons. The van der Waals surface area contributed by atoms with E-state index in [1.165, 1.54) is 6.08 Å². The summed E-state index contributed by atoms with van der Waals surface area (Å²) in [5, 5.41) is 11.8. The first-order valence-corrected chi connectivity index (χ1v) is 12.3. The first-order valence-electron chi connectivity index (χ1n) is 12.3. The first-order chi connectivity index (χ1) is 17.9. The van der Waals surface area contributed by atoms with E-state index in [1.807, 2.05) is 56.3 Å². The summed E-state index contributed by atoms with van der Waals surface area (Å²) in [6.45, 7) is 8.20. The van der Waals surface area contributed by atoms with Crippen molar-refractivity contribution >= 4 is 45.9 Å². The summed E-state index contributed by atoms with van der Waals surface area (Å²) in [6.07, 6.45) is 7.37. The number of rotatable bonds is 10. The van der Waals surface area contributed by atoms with Crippen molar-refractivity contribution in [3.63, 3.8) is 0 Å². The van der Waals surface area contributed by atoms with E-state index >= 15 is 0 Å². The molecule has 0 saturated carbocycles. The smallest absolute Gasteiger partial charge is 0.247 e. The van der Waals surface area contributed by atoms with Crippen molar-refractivity contribution in [2.75, 3.05) is 49.8 Å². The van der Waals surface area contributed by atoms with Crippen LogP contribution in [0.4, 0.5) is 17.1 Å². The van der Waals surface area contributed by atoms with Gasteiger partial charge in [-0.1, -0.05) is 12.6 Å². The number of hydrogen-bond acceptors (Lipinski definition) is 7. The minimum Gasteiger partial charge on any atom is -0.372 e. The normalized spacial score (nSPS) is 13.2. The molecule has 0 bridgehead atoms. The largest absolute Gasteiger partial charge is 0.372 e. The molecule has 9 heteroatoms. The van der Waals surface area contributed by atoms with Gasteiger partial charge in [-0.05, 0) is 69.1 Å². The van der Waals surface area contributed by atoms with Crippen LogP contribution in [0.25, 0.3) is 10.9 Å². The van der Waals surface area contributed by atoms with Crippen LogP contribution in [-0.2, 0) is 11.3 Å². The fraction of sp³-hybridized carbons (Fsp3) is 0.286. The van der Waals surface area contributed by atoms with Crippen molar-refractivity contribution in [1.82, 2.24) is 14.7 Å². The zero-order chi connectivity index (χ0) is 26.4. The number of aromatic nitrogens is 2. The van der Waals surface area contributed by atoms with E-state index in [0.717, 1.165) is 53.2 Å². The van der Waals surface area contributed by atoms with Gasteiger partial charge in [0.25, 0.3) is 0 Å². The predicted octanol–water partition coefficient (Wildman–Crippen LogP) is 4.35. The molecule has 0 saturated heterocycles. The minimum absolute atomic E-state index is 0.259. The van der Waals surface area contributed by atoms with Crippen LogP contribution in [0.15, 0.2) is 77.1 Å². The summed E-state index contributed by atoms with van der Waals surface area (Å²) < 4.78 is 1.98. The molecule has 9 nitrogen and oxygen atoms in total. The van der Waals surface area contributed by atoms with E-state index in [1.54, 1.807) is 6.34 Å². The molecule has 0 radical (unpaired) electrons. The maximum atomic E-state index is 12.1. The van der Waals surface area contributed by atoms with Gasteiger partial charge in [0.2, 0.25) is 5.91 Å². The van der Waals surface area contributed by atoms with Crippen LogP contribution >= 0.6 is 0 Å². The van der Waals surface area contributed by atoms with E-state index < -0.39 is 0 Å². The highest BCUT2D eigenvalue weighted by Crippen LogP contribution is 2.30. The molecule has 0 spiro atoms. The van der Waals surface area contributed by atoms with Gasteiger partial charge in [0.15, 0.2) is 0 Å². The molecule has 2 heterocycles. The van der Waals surface area contributed by atoms with Crippen LogP contribution in [0.2, 0.25) is 0 Å². The van der Waals surface area contributed by atoms with Gasteiger partial charge in [0.05, 0.1) is 28.8 Å². The van der Waals surface area contributed by atoms with Crippen LogP contribution in [-0.4, -0.2) is 66.9 Å². The average Bonchev–Trinajstić information content (AvgIpc) is 3.17. The van der Waals surface area contributed by atoms with Crippen molar-refractivity contribution in [3.8, 4) is 0 Å². The van der Waals surface area contributed by atoms with E-state index in [0.29, 0.717) is 17.9 Å². The average molecular weight is 499 g/mol. The molecular weight excluding hydrogens is 464 g/mol. The highest BCUT2D eigenvalue weighted by molar-refractivity contribution is 6.07. The van der Waals surface area contributed by atoms with Gasteiger partial charge in [-0.25, -0.2) is 9.98 Å². The number of nitrogens with zero attached hydrogens (tertiary/aromatic N) is 6. The lowest BCUT2D eigenvalue weighted by molar-refractivity contribution is -0.111. The van der Waals surface area contributed by atoms with Crippen LogP contribution in [0, 0.1) is 0 Å². The number of fused-ring (bicyclic) bond motifs is 1. The molecule has 1 aromatic heterocycles. The van der Waals surface area contributed by atoms with Gasteiger partial charge in [0, 0.05) is 44.2 Å². The number of likely N-dealkylation sites (N-methyl/N-ethyl adjacent to an activating group) is 2. The Balaban J connectivity index is 1.51. The lowest BCUT2D eigenvalue weighted by Gasteiger charge is -2.25. The Kier molecular flexibility index (Phi) is 8.15. The molecule has 3 aromatic rings. The molecule has 37 heavy (non-hydrogen) atoms. The lowest BCUT2D eigenvalue weighted by Crippen LogP contribution is -2.29. The van der Waals surface area contributed by atoms with Gasteiger partial charge in [-0.3, -0.25) is 9.48 Å². The SMILES string of the molecule is C=CC(=O)Nc1cc(NC2=CCC(c3ccc4c(cnn4CC)c3)=NC=N2)ccc1N(C)CCN(C)C. The highest BCUT2D eigenvalue weighted by atomic mass is 16.1. The molecule has 1 amide bonds. The number of carbonyl (C=O) groups excluding carboxylic acids is 1. The Labute approximate surface area is 217 Å². The van der Waals surface area contributed by atoms with Crippen molar-refractivity contribution < 1.29 is 4.79 Å². The topological polar surface area (TPSA) is 90.1 Å². The molecule has 1 aliphatic heterocycles. The van der Waals surface area contributed by atoms with Gasteiger partial charge in [-0.15, -0.1) is 0 Å². The Hall–Kier alpha value is -4.24. The molecule has 0 fully saturated rings. The summed E-state index contributed by atoms with van der Waals surface area (Å²) in [7, 11) is 6.09. The van der Waals surface area contributed by atoms with Crippen LogP contribution in [0.3, 0.4) is 0 Å². The highest BCUT2D eigenvalue weighted by Gasteiger charge is 2.13. The van der Waals surface area contributed by atoms with Crippen molar-refractivity contribution in [3.05, 3.63) is 72.7 Å². The standard InChI is InChI=1S/C28H34N8O/c1-6-28(37)33-24-17-22(9-12-26(24)35(5)15-14-34(3)4)32-27-13-10-23(29-19-30-27)20-8-11-25-21(16-20)18-31-36(25)7-2/h6,8-9,11-13,16-19,32H,1,7,10,14-15H2,2-5H3,(H,33,37). The molecular formula is C28H34N8O. The monoisotopic (exact) mass is 498 g/mol. The van der Waals surface area contributed by atoms with Crippen LogP contribution < -0.4 is 15.5 Å². The molecule has 2 N–H and O–H groups in total. The Morgan fingerprint density at radius 3 is 2.76 bits per heavy atom. The summed E-state index contributed by atoms with van der Waals surface area (Å²) in [5.41, 5.74) is 5.53. The Morgan fingerprint density at radius 1 is 1.16 bits per heavy atom. The van der Waals surface area contributed by atoms with E-state index in [4.69, 9.17) is 0 Å². The molecule has 4 rings (SSSR count). The molecule has 1 aliphatic rings. The second-order valence-corrected chi connectivity index (χ2v) is 9.12. The number of allylic oxidation sites excluding steroid dienone is 1. The fourth-order valence-electron chi connectivity index (χ4n) is 4.10. The third kappa shape index (κ3) is 6.31. The Bertz CT molecular complexity index is 1380. The molecule has 0 unspecified atom stereocenters. The fourth-order valence-corrected chi connectivity index (χ4v) is 4.10. The van der Waals surface area contributed by atoms with Crippen molar-refractivity contribution in [1.29, 1.82) is 0 Å². The summed E-state index contributed by atoms with van der Waals surface area (Å²) >= 11 is 0. The summed E-state index contributed by atoms with van der Waals surface area (Å²) in [5.74, 6) is 0.430. The van der Waals surface area contributed by atoms with Crippen molar-refractivity contribution in [2.45, 2.75) is 19.9 Å². The number of hydrogen-bond donors (Lipinski definition) is 2. The van der Waals surface area contributed by atoms with Gasteiger partial charge in [0.1, 0.15) is 12.2 Å². The number of aryl methyl sites for hydroxylation is 1. The Morgan fingerprint density at radius 2 is 2.00 bits per heavy atom. The first kappa shape index (κ1) is 25.8. The number of aliphatic imine (C=N–C) groups is 2. The van der Waals surface area contributed by atoms with E-state index in [2.05, 4.69) is 67.2 Å². The number of carbonyl (C=O) groups is 1. The third-order valence-electron chi connectivity index (χ3n) is 6.18. The maximum Gasteiger partial charge on any atom is 0.247 e. The van der Waals surface area contributed by atoms with E-state index in [9.17, 15) is 4.79 Å². The van der Waals surface area contributed by atoms with Gasteiger partial charge in [-0.2, -0.15) is 5.10 Å². The quantitative estimate of drug-likeness (QED) is 0.406. The number of benzene rings is 2. The zero-order valence-electron chi connectivity index (χ0n) is 21.9.